The summed E-state index contributed by atoms with van der Waals surface area (Å²) in [6.45, 7) is 10.7. The van der Waals surface area contributed by atoms with Gasteiger partial charge >= 0.3 is 0 Å². The number of nitrogens with zero attached hydrogens (tertiary/aromatic N) is 3. The number of benzene rings is 2. The number of nitrogens with one attached hydrogen (secondary N) is 1. The molecule has 312 valence electrons. The number of anilines is 1. The van der Waals surface area contributed by atoms with Crippen LogP contribution in [0.5, 0.6) is 5.88 Å². The highest BCUT2D eigenvalue weighted by atomic mass is 79.9. The summed E-state index contributed by atoms with van der Waals surface area (Å²) in [5, 5.41) is 17.9. The van der Waals surface area contributed by atoms with Gasteiger partial charge in [0.05, 0.1) is 41.7 Å². The smallest absolute Gasteiger partial charge is 0.263 e. The van der Waals surface area contributed by atoms with Gasteiger partial charge in [-0.1, -0.05) is 156 Å². The maximum absolute atomic E-state index is 14.7. The molecule has 0 atom stereocenters. The summed E-state index contributed by atoms with van der Waals surface area (Å²) in [4.78, 5) is 49.2. The molecule has 1 aromatic heterocycles. The molecule has 0 fully saturated rings. The van der Waals surface area contributed by atoms with E-state index in [0.717, 1.165) is 103 Å². The number of halogens is 2. The monoisotopic (exact) mass is 900 g/mol. The average molecular weight is 903 g/mol. The van der Waals surface area contributed by atoms with E-state index >= 15 is 0 Å². The lowest BCUT2D eigenvalue weighted by Gasteiger charge is -2.24. The number of hydrogen-bond acceptors (Lipinski definition) is 6. The van der Waals surface area contributed by atoms with Crippen molar-refractivity contribution in [2.75, 3.05) is 18.4 Å². The zero-order valence-electron chi connectivity index (χ0n) is 35.1. The largest absolute Gasteiger partial charge is 0.494 e. The highest BCUT2D eigenvalue weighted by Gasteiger charge is 2.33. The Morgan fingerprint density at radius 3 is 1.52 bits per heavy atom. The van der Waals surface area contributed by atoms with Crippen LogP contribution in [0.1, 0.15) is 182 Å². The van der Waals surface area contributed by atoms with Gasteiger partial charge in [0.1, 0.15) is 0 Å². The molecule has 0 spiro atoms. The van der Waals surface area contributed by atoms with Crippen LogP contribution >= 0.6 is 31.9 Å². The van der Waals surface area contributed by atoms with E-state index in [1.165, 1.54) is 60.5 Å². The Morgan fingerprint density at radius 1 is 0.500 bits per heavy atom. The van der Waals surface area contributed by atoms with Crippen molar-refractivity contribution in [1.29, 1.82) is 0 Å². The summed E-state index contributed by atoms with van der Waals surface area (Å²) in [6.07, 6.45) is 25.9. The van der Waals surface area contributed by atoms with Crippen LogP contribution in [0.4, 0.5) is 5.69 Å². The van der Waals surface area contributed by atoms with Crippen LogP contribution in [0.3, 0.4) is 0 Å². The van der Waals surface area contributed by atoms with Gasteiger partial charge in [0.25, 0.3) is 16.7 Å². The minimum absolute atomic E-state index is 0.148. The Kier molecular flexibility index (Phi) is 20.2. The van der Waals surface area contributed by atoms with Gasteiger partial charge in [0.2, 0.25) is 5.88 Å². The fourth-order valence-electron chi connectivity index (χ4n) is 8.26. The fraction of sp³-hybridized carbons (Fsp3) is 0.696. The van der Waals surface area contributed by atoms with Crippen LogP contribution in [-0.4, -0.2) is 27.3 Å². The van der Waals surface area contributed by atoms with Crippen molar-refractivity contribution in [2.45, 2.75) is 195 Å². The van der Waals surface area contributed by atoms with Gasteiger partial charge in [0.15, 0.2) is 0 Å². The van der Waals surface area contributed by atoms with Crippen LogP contribution in [0.2, 0.25) is 0 Å². The van der Waals surface area contributed by atoms with Crippen LogP contribution < -0.4 is 27.4 Å². The predicted octanol–water partition coefficient (Wildman–Crippen LogP) is 12.6. The zero-order chi connectivity index (χ0) is 40.5. The van der Waals surface area contributed by atoms with E-state index in [-0.39, 0.29) is 22.6 Å². The van der Waals surface area contributed by atoms with Crippen molar-refractivity contribution in [3.63, 3.8) is 0 Å². The van der Waals surface area contributed by atoms with Crippen LogP contribution in [-0.2, 0) is 13.1 Å². The Morgan fingerprint density at radius 2 is 0.964 bits per heavy atom. The highest BCUT2D eigenvalue weighted by molar-refractivity contribution is 9.11. The van der Waals surface area contributed by atoms with Gasteiger partial charge in [-0.15, -0.1) is 0 Å². The fourth-order valence-corrected chi connectivity index (χ4v) is 9.66. The lowest BCUT2D eigenvalue weighted by Crippen LogP contribution is -2.37. The molecule has 0 saturated carbocycles. The molecule has 2 aliphatic rings. The molecule has 2 N–H and O–H groups in total. The second-order valence-corrected chi connectivity index (χ2v) is 17.6. The van der Waals surface area contributed by atoms with E-state index in [0.29, 0.717) is 78.8 Å². The first-order valence-electron chi connectivity index (χ1n) is 22.5. The van der Waals surface area contributed by atoms with E-state index in [2.05, 4.69) is 64.9 Å². The first-order chi connectivity index (χ1) is 27.3. The standard InChI is InChI=1S/C46H70Br2N4O4/c1-5-9-13-17-21-25-29-49-41-37-33-34-35(39(41)47)43(53)52(32-28-24-20-16-12-8-4)46(56)38(34)42(50-30-26-22-18-14-10-6-2)40(48)36(33)44(54)51(45(37)55)31-27-23-19-15-11-7-3/h49,56H,5-32H2,1-4H3. The molecule has 2 heterocycles. The van der Waals surface area contributed by atoms with E-state index in [9.17, 15) is 19.5 Å². The Hall–Kier alpha value is -2.46. The molecular weight excluding hydrogens is 832 g/mol. The van der Waals surface area contributed by atoms with Crippen LogP contribution in [0.15, 0.2) is 28.3 Å². The molecule has 4 rings (SSSR count). The van der Waals surface area contributed by atoms with Crippen molar-refractivity contribution in [3.05, 3.63) is 45.4 Å². The van der Waals surface area contributed by atoms with Crippen LogP contribution in [0.25, 0.3) is 32.7 Å². The molecule has 8 nitrogen and oxygen atoms in total. The molecule has 0 bridgehead atoms. The Balaban J connectivity index is 1.97. The SMILES string of the molecule is CCCCCCCCN=c1c(Br)c2c(=O)n(CCCCCCCC)c(=O)c3c(NCCCCCCCC)c(Br)c4c(=O)n(CCCCCCCC)c(O)c1c4c3-2. The van der Waals surface area contributed by atoms with Crippen molar-refractivity contribution >= 4 is 59.1 Å². The molecule has 0 radical (unpaired) electrons. The lowest BCUT2D eigenvalue weighted by atomic mass is 9.89. The van der Waals surface area contributed by atoms with Crippen molar-refractivity contribution in [3.8, 4) is 17.0 Å². The topological polar surface area (TPSA) is 106 Å². The number of pyridine rings is 2. The van der Waals surface area contributed by atoms with E-state index in [1.54, 1.807) is 0 Å². The third kappa shape index (κ3) is 11.4. The minimum Gasteiger partial charge on any atom is -0.494 e. The second-order valence-electron chi connectivity index (χ2n) is 16.0. The molecule has 10 heteroatoms. The van der Waals surface area contributed by atoms with Gasteiger partial charge < -0.3 is 10.4 Å². The van der Waals surface area contributed by atoms with E-state index < -0.39 is 0 Å². The average Bonchev–Trinajstić information content (AvgIpc) is 3.18. The summed E-state index contributed by atoms with van der Waals surface area (Å²) in [6, 6.07) is 0. The van der Waals surface area contributed by atoms with Gasteiger partial charge in [-0.3, -0.25) is 28.5 Å². The first kappa shape index (κ1) is 46.2. The molecule has 0 amide bonds. The maximum Gasteiger partial charge on any atom is 0.263 e. The summed E-state index contributed by atoms with van der Waals surface area (Å²) >= 11 is 7.71. The quantitative estimate of drug-likeness (QED) is 0.0417. The van der Waals surface area contributed by atoms with Gasteiger partial charge in [0, 0.05) is 37.1 Å². The summed E-state index contributed by atoms with van der Waals surface area (Å²) in [7, 11) is 0. The van der Waals surface area contributed by atoms with E-state index in [4.69, 9.17) is 4.99 Å². The predicted molar refractivity (Wildman–Crippen MR) is 245 cm³/mol. The first-order valence-corrected chi connectivity index (χ1v) is 24.0. The maximum atomic E-state index is 14.7. The molecule has 0 saturated heterocycles. The van der Waals surface area contributed by atoms with Gasteiger partial charge in [-0.2, -0.15) is 0 Å². The number of aromatic hydroxyl groups is 1. The number of rotatable bonds is 29. The second kappa shape index (κ2) is 24.5. The third-order valence-electron chi connectivity index (χ3n) is 11.5. The van der Waals surface area contributed by atoms with E-state index in [1.807, 2.05) is 0 Å². The van der Waals surface area contributed by atoms with Crippen molar-refractivity contribution < 1.29 is 5.11 Å². The molecular formula is C46H70Br2N4O4. The molecule has 2 aromatic rings. The molecule has 1 aliphatic heterocycles. The zero-order valence-corrected chi connectivity index (χ0v) is 38.2. The van der Waals surface area contributed by atoms with Crippen molar-refractivity contribution in [2.24, 2.45) is 4.99 Å². The minimum atomic E-state index is -0.373. The molecule has 56 heavy (non-hydrogen) atoms. The summed E-state index contributed by atoms with van der Waals surface area (Å²) in [5.74, 6) is -0.148. The number of unbranched alkanes of at least 4 members (excludes halogenated alkanes) is 20. The lowest BCUT2D eigenvalue weighted by molar-refractivity contribution is 0.406. The molecule has 1 aliphatic carbocycles. The normalized spacial score (nSPS) is 12.4. The highest BCUT2D eigenvalue weighted by Crippen LogP contribution is 2.46. The molecule has 1 aromatic carbocycles. The van der Waals surface area contributed by atoms with Crippen molar-refractivity contribution in [1.82, 2.24) is 9.13 Å². The summed E-state index contributed by atoms with van der Waals surface area (Å²) < 4.78 is 3.89. The van der Waals surface area contributed by atoms with Gasteiger partial charge in [-0.05, 0) is 57.5 Å². The number of hydrogen-bond donors (Lipinski definition) is 2. The van der Waals surface area contributed by atoms with Crippen LogP contribution in [0, 0.1) is 0 Å². The third-order valence-corrected chi connectivity index (χ3v) is 13.1. The summed E-state index contributed by atoms with van der Waals surface area (Å²) in [5.41, 5.74) is 0.285. The Labute approximate surface area is 352 Å². The number of aromatic nitrogens is 2. The molecule has 0 unspecified atom stereocenters. The Bertz CT molecular complexity index is 2010. The van der Waals surface area contributed by atoms with Gasteiger partial charge in [-0.25, -0.2) is 0 Å².